The summed E-state index contributed by atoms with van der Waals surface area (Å²) in [4.78, 5) is 41.5. The van der Waals surface area contributed by atoms with Crippen LogP contribution in [0.3, 0.4) is 0 Å². The van der Waals surface area contributed by atoms with Crippen molar-refractivity contribution in [3.8, 4) is 5.75 Å². The number of amides is 2. The number of carboxylic acid groups (broad SMARTS) is 1. The highest BCUT2D eigenvalue weighted by Crippen LogP contribution is 2.47. The molecular formula is C36H42F6N2O6. The molecule has 1 N–H and O–H groups in total. The number of rotatable bonds is 8. The first kappa shape index (κ1) is 38.6. The molecule has 274 valence electrons. The van der Waals surface area contributed by atoms with E-state index in [-0.39, 0.29) is 23.6 Å². The van der Waals surface area contributed by atoms with Gasteiger partial charge >= 0.3 is 24.4 Å². The third-order valence-electron chi connectivity index (χ3n) is 9.40. The van der Waals surface area contributed by atoms with Crippen LogP contribution in [0.25, 0.3) is 5.57 Å². The average molecular weight is 713 g/mol. The molecule has 2 amide bonds. The maximum absolute atomic E-state index is 13.7. The Hall–Kier alpha value is -4.23. The number of carbonyl (C=O) groups is 3. The van der Waals surface area contributed by atoms with E-state index in [4.69, 9.17) is 9.47 Å². The summed E-state index contributed by atoms with van der Waals surface area (Å²) >= 11 is 0. The molecule has 1 aliphatic carbocycles. The largest absolute Gasteiger partial charge is 0.496 e. The summed E-state index contributed by atoms with van der Waals surface area (Å²) in [5.41, 5.74) is -2.21. The second kappa shape index (κ2) is 13.5. The van der Waals surface area contributed by atoms with Crippen molar-refractivity contribution in [3.05, 3.63) is 69.8 Å². The van der Waals surface area contributed by atoms with Crippen LogP contribution in [0, 0.1) is 10.8 Å². The van der Waals surface area contributed by atoms with Crippen molar-refractivity contribution in [2.45, 2.75) is 91.3 Å². The third-order valence-corrected chi connectivity index (χ3v) is 9.40. The molecule has 1 fully saturated rings. The van der Waals surface area contributed by atoms with Gasteiger partial charge in [-0.05, 0) is 90.1 Å². The van der Waals surface area contributed by atoms with Gasteiger partial charge in [-0.1, -0.05) is 34.6 Å². The minimum absolute atomic E-state index is 0.0266. The van der Waals surface area contributed by atoms with Gasteiger partial charge in [-0.3, -0.25) is 9.69 Å². The second-order valence-corrected chi connectivity index (χ2v) is 14.9. The first-order valence-corrected chi connectivity index (χ1v) is 16.0. The molecule has 1 aliphatic heterocycles. The summed E-state index contributed by atoms with van der Waals surface area (Å²) < 4.78 is 92.8. The molecule has 50 heavy (non-hydrogen) atoms. The standard InChI is InChI=1S/C36H42F6N2O6/c1-19-28(21-13-23(35(37,38)39)16-24(14-21)36(40,41)42)50-32(48)44(19)18-22-17-34(5,6)12-11-25(22)26-15-20(9-10-27(26)49-8)30(45)43(7)29(31(46)47)33(2,3)4/h9-10,13-16,19,28-29H,11-12,17-18H2,1-8H3,(H,46,47)/t19-,28-,29?/m0/s1. The summed E-state index contributed by atoms with van der Waals surface area (Å²) in [6.07, 6.45) is -10.8. The van der Waals surface area contributed by atoms with Crippen molar-refractivity contribution in [2.75, 3.05) is 20.7 Å². The molecular weight excluding hydrogens is 670 g/mol. The van der Waals surface area contributed by atoms with Gasteiger partial charge in [0.25, 0.3) is 5.91 Å². The Kier molecular flexibility index (Phi) is 10.4. The molecule has 4 rings (SSSR count). The lowest BCUT2D eigenvalue weighted by molar-refractivity contribution is -0.146. The Morgan fingerprint density at radius 2 is 1.62 bits per heavy atom. The topological polar surface area (TPSA) is 96.4 Å². The predicted octanol–water partition coefficient (Wildman–Crippen LogP) is 8.85. The van der Waals surface area contributed by atoms with E-state index in [1.165, 1.54) is 36.9 Å². The maximum atomic E-state index is 13.7. The number of carboxylic acids is 1. The molecule has 2 aromatic carbocycles. The van der Waals surface area contributed by atoms with Crippen LogP contribution in [-0.2, 0) is 21.9 Å². The number of aliphatic carboxylic acids is 1. The molecule has 8 nitrogen and oxygen atoms in total. The first-order valence-electron chi connectivity index (χ1n) is 16.0. The fourth-order valence-corrected chi connectivity index (χ4v) is 6.91. The summed E-state index contributed by atoms with van der Waals surface area (Å²) in [7, 11) is 2.87. The summed E-state index contributed by atoms with van der Waals surface area (Å²) in [6.45, 7) is 10.7. The number of halogens is 6. The molecule has 2 aliphatic rings. The Morgan fingerprint density at radius 1 is 1.04 bits per heavy atom. The second-order valence-electron chi connectivity index (χ2n) is 14.9. The first-order chi connectivity index (χ1) is 22.9. The fraction of sp³-hybridized carbons (Fsp3) is 0.528. The Morgan fingerprint density at radius 3 is 2.12 bits per heavy atom. The van der Waals surface area contributed by atoms with Crippen LogP contribution < -0.4 is 4.74 Å². The molecule has 0 aromatic heterocycles. The normalized spacial score (nSPS) is 20.4. The number of nitrogens with zero attached hydrogens (tertiary/aromatic N) is 2. The quantitative estimate of drug-likeness (QED) is 0.275. The minimum atomic E-state index is -5.07. The van der Waals surface area contributed by atoms with E-state index < -0.39 is 70.6 Å². The lowest BCUT2D eigenvalue weighted by Gasteiger charge is -2.36. The van der Waals surface area contributed by atoms with Crippen molar-refractivity contribution in [3.63, 3.8) is 0 Å². The van der Waals surface area contributed by atoms with Gasteiger partial charge in [0, 0.05) is 24.7 Å². The smallest absolute Gasteiger partial charge is 0.416 e. The van der Waals surface area contributed by atoms with Crippen LogP contribution in [0.15, 0.2) is 42.0 Å². The minimum Gasteiger partial charge on any atom is -0.496 e. The lowest BCUT2D eigenvalue weighted by atomic mass is 9.72. The Bertz CT molecular complexity index is 1660. The highest BCUT2D eigenvalue weighted by molar-refractivity contribution is 5.98. The van der Waals surface area contributed by atoms with Gasteiger partial charge in [0.2, 0.25) is 0 Å². The van der Waals surface area contributed by atoms with E-state index >= 15 is 0 Å². The third kappa shape index (κ3) is 8.04. The number of ether oxygens (including phenoxy) is 2. The molecule has 3 atom stereocenters. The van der Waals surface area contributed by atoms with E-state index in [2.05, 4.69) is 0 Å². The van der Waals surface area contributed by atoms with Crippen LogP contribution in [0.1, 0.15) is 99.5 Å². The van der Waals surface area contributed by atoms with Gasteiger partial charge in [0.1, 0.15) is 17.9 Å². The van der Waals surface area contributed by atoms with Gasteiger partial charge in [0.05, 0.1) is 24.3 Å². The van der Waals surface area contributed by atoms with Crippen molar-refractivity contribution in [2.24, 2.45) is 10.8 Å². The van der Waals surface area contributed by atoms with Gasteiger partial charge < -0.3 is 19.5 Å². The highest BCUT2D eigenvalue weighted by atomic mass is 19.4. The molecule has 0 saturated carbocycles. The molecule has 1 heterocycles. The molecule has 1 saturated heterocycles. The Balaban J connectivity index is 1.76. The molecule has 0 radical (unpaired) electrons. The summed E-state index contributed by atoms with van der Waals surface area (Å²) in [6, 6.07) is 3.83. The van der Waals surface area contributed by atoms with Crippen molar-refractivity contribution < 1.29 is 55.3 Å². The number of likely N-dealkylation sites (N-methyl/N-ethyl adjacent to an activating group) is 1. The highest BCUT2D eigenvalue weighted by Gasteiger charge is 2.44. The number of hydrogen-bond acceptors (Lipinski definition) is 5. The molecule has 0 bridgehead atoms. The van der Waals surface area contributed by atoms with Gasteiger partial charge in [0.15, 0.2) is 0 Å². The number of hydrogen-bond donors (Lipinski definition) is 1. The zero-order chi connectivity index (χ0) is 37.7. The van der Waals surface area contributed by atoms with Gasteiger partial charge in [-0.2, -0.15) is 26.3 Å². The molecule has 1 unspecified atom stereocenters. The summed E-state index contributed by atoms with van der Waals surface area (Å²) in [5.74, 6) is -1.28. The lowest BCUT2D eigenvalue weighted by Crippen LogP contribution is -2.50. The van der Waals surface area contributed by atoms with Gasteiger partial charge in [-0.15, -0.1) is 0 Å². The summed E-state index contributed by atoms with van der Waals surface area (Å²) in [5, 5.41) is 9.90. The number of allylic oxidation sites excluding steroid dienone is 1. The zero-order valence-corrected chi connectivity index (χ0v) is 29.2. The number of alkyl halides is 6. The van der Waals surface area contributed by atoms with E-state index in [0.717, 1.165) is 11.1 Å². The van der Waals surface area contributed by atoms with Crippen LogP contribution >= 0.6 is 0 Å². The predicted molar refractivity (Wildman–Crippen MR) is 172 cm³/mol. The molecule has 2 aromatic rings. The number of carbonyl (C=O) groups excluding carboxylic acids is 2. The maximum Gasteiger partial charge on any atom is 0.416 e. The number of benzene rings is 2. The fourth-order valence-electron chi connectivity index (χ4n) is 6.91. The van der Waals surface area contributed by atoms with Crippen LogP contribution in [0.5, 0.6) is 5.75 Å². The number of cyclic esters (lactones) is 1. The average Bonchev–Trinajstić information content (AvgIpc) is 3.26. The van der Waals surface area contributed by atoms with Crippen LogP contribution in [0.2, 0.25) is 0 Å². The van der Waals surface area contributed by atoms with Crippen LogP contribution in [-0.4, -0.2) is 65.7 Å². The van der Waals surface area contributed by atoms with Gasteiger partial charge in [-0.25, -0.2) is 9.59 Å². The van der Waals surface area contributed by atoms with Crippen molar-refractivity contribution in [1.29, 1.82) is 0 Å². The van der Waals surface area contributed by atoms with Crippen LogP contribution in [0.4, 0.5) is 31.1 Å². The zero-order valence-electron chi connectivity index (χ0n) is 29.2. The van der Waals surface area contributed by atoms with Crippen molar-refractivity contribution >= 4 is 23.5 Å². The Labute approximate surface area is 287 Å². The molecule has 14 heteroatoms. The van der Waals surface area contributed by atoms with Crippen molar-refractivity contribution in [1.82, 2.24) is 9.80 Å². The molecule has 0 spiro atoms. The van der Waals surface area contributed by atoms with E-state index in [0.29, 0.717) is 42.7 Å². The van der Waals surface area contributed by atoms with E-state index in [9.17, 15) is 45.8 Å². The van der Waals surface area contributed by atoms with E-state index in [1.54, 1.807) is 32.9 Å². The van der Waals surface area contributed by atoms with E-state index in [1.807, 2.05) is 13.8 Å². The number of methoxy groups -OCH3 is 1. The monoisotopic (exact) mass is 712 g/mol. The SMILES string of the molecule is COc1ccc(C(=O)N(C)C(C(=O)O)C(C)(C)C)cc1C1=C(CN2C(=O)O[C@H](c3cc(C(F)(F)F)cc(C(F)(F)F)c3)[C@@H]2C)CC(C)(C)CC1.